The first kappa shape index (κ1) is 26.5. The number of carbonyl (C=O) groups excluding carboxylic acids is 1. The van der Waals surface area contributed by atoms with Gasteiger partial charge in [-0.25, -0.2) is 5.01 Å². The van der Waals surface area contributed by atoms with Gasteiger partial charge in [-0.15, -0.1) is 0 Å². The molecular weight excluding hydrogens is 532 g/mol. The smallest absolute Gasteiger partial charge is 0.196 e. The van der Waals surface area contributed by atoms with Crippen molar-refractivity contribution in [1.29, 1.82) is 0 Å². The summed E-state index contributed by atoms with van der Waals surface area (Å²) >= 11 is 0. The third kappa shape index (κ3) is 4.24. The standard InChI is InChI=1S/C38H30N2O3/c1-42-30-21-17-26(18-22-30)25-33-32-15-9-10-16-34(32)38(37(33)41)35(27-19-23-31(43-2)24-20-27)36(28-11-5-3-6-12-28)39-40(38)29-13-7-4-8-14-29/h3-25,35H,1-2H3/b33-25+/t35-,38+/m1/s1. The van der Waals surface area contributed by atoms with Crippen molar-refractivity contribution in [2.45, 2.75) is 11.5 Å². The second-order valence-electron chi connectivity index (χ2n) is 10.7. The van der Waals surface area contributed by atoms with Crippen LogP contribution in [0.25, 0.3) is 11.6 Å². The summed E-state index contributed by atoms with van der Waals surface area (Å²) in [6.07, 6.45) is 1.99. The van der Waals surface area contributed by atoms with Crippen LogP contribution in [0.15, 0.2) is 139 Å². The molecule has 1 aliphatic carbocycles. The summed E-state index contributed by atoms with van der Waals surface area (Å²) in [5.74, 6) is 1.12. The van der Waals surface area contributed by atoms with Gasteiger partial charge in [-0.1, -0.05) is 97.1 Å². The molecule has 0 bridgehead atoms. The van der Waals surface area contributed by atoms with E-state index in [-0.39, 0.29) is 5.78 Å². The van der Waals surface area contributed by atoms with E-state index in [9.17, 15) is 0 Å². The highest BCUT2D eigenvalue weighted by Gasteiger charge is 2.63. The van der Waals surface area contributed by atoms with Crippen LogP contribution in [0.5, 0.6) is 11.5 Å². The minimum Gasteiger partial charge on any atom is -0.497 e. The van der Waals surface area contributed by atoms with E-state index < -0.39 is 11.5 Å². The van der Waals surface area contributed by atoms with Crippen LogP contribution in [-0.2, 0) is 10.3 Å². The third-order valence-corrected chi connectivity index (χ3v) is 8.40. The minimum absolute atomic E-state index is 0.00358. The SMILES string of the molecule is COc1ccc(/C=C2/C(=O)[C@]3(c4ccccc42)[C@H](c2ccc(OC)cc2)C(c2ccccc2)=NN3c2ccccc2)cc1. The molecule has 7 rings (SSSR count). The number of anilines is 1. The third-order valence-electron chi connectivity index (χ3n) is 8.40. The van der Waals surface area contributed by atoms with Gasteiger partial charge < -0.3 is 9.47 Å². The molecule has 5 heteroatoms. The maximum atomic E-state index is 15.3. The summed E-state index contributed by atoms with van der Waals surface area (Å²) in [6.45, 7) is 0. The molecule has 0 amide bonds. The van der Waals surface area contributed by atoms with Gasteiger partial charge in [0.1, 0.15) is 11.5 Å². The van der Waals surface area contributed by atoms with Crippen LogP contribution in [0.3, 0.4) is 0 Å². The Kier molecular flexibility index (Phi) is 6.63. The largest absolute Gasteiger partial charge is 0.497 e. The average molecular weight is 563 g/mol. The molecule has 1 spiro atoms. The lowest BCUT2D eigenvalue weighted by molar-refractivity contribution is -0.118. The van der Waals surface area contributed by atoms with Crippen molar-refractivity contribution in [1.82, 2.24) is 0 Å². The van der Waals surface area contributed by atoms with Crippen LogP contribution in [-0.4, -0.2) is 25.7 Å². The van der Waals surface area contributed by atoms with E-state index in [1.54, 1.807) is 14.2 Å². The summed E-state index contributed by atoms with van der Waals surface area (Å²) < 4.78 is 10.9. The molecule has 5 nitrogen and oxygen atoms in total. The normalized spacial score (nSPS) is 19.9. The van der Waals surface area contributed by atoms with Gasteiger partial charge in [0, 0.05) is 5.57 Å². The Labute approximate surface area is 251 Å². The van der Waals surface area contributed by atoms with E-state index in [0.717, 1.165) is 50.7 Å². The molecule has 0 aromatic heterocycles. The van der Waals surface area contributed by atoms with Gasteiger partial charge >= 0.3 is 0 Å². The summed E-state index contributed by atoms with van der Waals surface area (Å²) in [4.78, 5) is 15.3. The van der Waals surface area contributed by atoms with Crippen molar-refractivity contribution in [3.8, 4) is 11.5 Å². The van der Waals surface area contributed by atoms with Crippen molar-refractivity contribution in [3.63, 3.8) is 0 Å². The number of fused-ring (bicyclic) bond motifs is 2. The number of Topliss-reactive ketones (excluding diaryl/α,β-unsaturated/α-hetero) is 1. The van der Waals surface area contributed by atoms with Crippen molar-refractivity contribution < 1.29 is 14.3 Å². The van der Waals surface area contributed by atoms with Crippen molar-refractivity contribution >= 4 is 28.8 Å². The van der Waals surface area contributed by atoms with Crippen molar-refractivity contribution in [3.05, 3.63) is 161 Å². The Morgan fingerprint density at radius 2 is 1.28 bits per heavy atom. The van der Waals surface area contributed by atoms with E-state index in [1.165, 1.54) is 0 Å². The maximum absolute atomic E-state index is 15.3. The fraction of sp³-hybridized carbons (Fsp3) is 0.105. The quantitative estimate of drug-likeness (QED) is 0.199. The average Bonchev–Trinajstić information content (AvgIpc) is 3.56. The number of hydrogen-bond acceptors (Lipinski definition) is 5. The van der Waals surface area contributed by atoms with Crippen LogP contribution in [0.1, 0.15) is 33.7 Å². The topological polar surface area (TPSA) is 51.1 Å². The van der Waals surface area contributed by atoms with Crippen LogP contribution >= 0.6 is 0 Å². The van der Waals surface area contributed by atoms with Crippen LogP contribution in [0.4, 0.5) is 5.69 Å². The molecule has 0 N–H and O–H groups in total. The number of carbonyl (C=O) groups is 1. The van der Waals surface area contributed by atoms with Crippen LogP contribution < -0.4 is 14.5 Å². The molecule has 0 saturated carbocycles. The maximum Gasteiger partial charge on any atom is 0.196 e. The lowest BCUT2D eigenvalue weighted by Crippen LogP contribution is -2.49. The van der Waals surface area contributed by atoms with Crippen molar-refractivity contribution in [2.24, 2.45) is 5.10 Å². The summed E-state index contributed by atoms with van der Waals surface area (Å²) in [7, 11) is 3.31. The zero-order chi connectivity index (χ0) is 29.4. The Hall–Kier alpha value is -5.42. The molecule has 210 valence electrons. The zero-order valence-corrected chi connectivity index (χ0v) is 24.0. The molecular formula is C38H30N2O3. The molecule has 0 fully saturated rings. The number of rotatable bonds is 6. The van der Waals surface area contributed by atoms with Gasteiger partial charge in [-0.05, 0) is 70.3 Å². The van der Waals surface area contributed by atoms with Gasteiger partial charge in [-0.2, -0.15) is 5.10 Å². The number of para-hydroxylation sites is 1. The molecule has 0 saturated heterocycles. The molecule has 2 atom stereocenters. The summed E-state index contributed by atoms with van der Waals surface area (Å²) in [5, 5.41) is 7.29. The highest BCUT2D eigenvalue weighted by Crippen LogP contribution is 2.58. The lowest BCUT2D eigenvalue weighted by Gasteiger charge is -2.38. The Morgan fingerprint density at radius 1 is 0.698 bits per heavy atom. The molecule has 1 heterocycles. The number of hydrazone groups is 1. The number of ketones is 1. The summed E-state index contributed by atoms with van der Waals surface area (Å²) in [5.41, 5.74) is 5.90. The van der Waals surface area contributed by atoms with Gasteiger partial charge in [0.2, 0.25) is 0 Å². The Bertz CT molecular complexity index is 1850. The molecule has 43 heavy (non-hydrogen) atoms. The van der Waals surface area contributed by atoms with Gasteiger partial charge in [-0.3, -0.25) is 4.79 Å². The van der Waals surface area contributed by atoms with E-state index in [1.807, 2.05) is 114 Å². The fourth-order valence-electron chi connectivity index (χ4n) is 6.43. The summed E-state index contributed by atoms with van der Waals surface area (Å²) in [6, 6.07) is 44.1. The molecule has 0 unspecified atom stereocenters. The van der Waals surface area contributed by atoms with Gasteiger partial charge in [0.25, 0.3) is 0 Å². The minimum atomic E-state index is -1.16. The van der Waals surface area contributed by atoms with Crippen LogP contribution in [0, 0.1) is 0 Å². The van der Waals surface area contributed by atoms with Crippen LogP contribution in [0.2, 0.25) is 0 Å². The number of methoxy groups -OCH3 is 2. The number of ether oxygens (including phenoxy) is 2. The second kappa shape index (κ2) is 10.8. The van der Waals surface area contributed by atoms with E-state index in [0.29, 0.717) is 5.57 Å². The molecule has 0 radical (unpaired) electrons. The number of hydrogen-bond donors (Lipinski definition) is 0. The molecule has 1 aliphatic heterocycles. The first-order valence-electron chi connectivity index (χ1n) is 14.3. The fourth-order valence-corrected chi connectivity index (χ4v) is 6.43. The monoisotopic (exact) mass is 562 g/mol. The molecule has 5 aromatic carbocycles. The van der Waals surface area contributed by atoms with Gasteiger partial charge in [0.15, 0.2) is 11.3 Å². The van der Waals surface area contributed by atoms with Crippen molar-refractivity contribution in [2.75, 3.05) is 19.2 Å². The Morgan fingerprint density at radius 3 is 1.93 bits per heavy atom. The first-order valence-corrected chi connectivity index (χ1v) is 14.3. The van der Waals surface area contributed by atoms with E-state index >= 15 is 4.79 Å². The number of nitrogens with zero attached hydrogens (tertiary/aromatic N) is 2. The lowest BCUT2D eigenvalue weighted by atomic mass is 9.71. The highest BCUT2D eigenvalue weighted by atomic mass is 16.5. The zero-order valence-electron chi connectivity index (χ0n) is 24.0. The van der Waals surface area contributed by atoms with E-state index in [4.69, 9.17) is 14.6 Å². The predicted octanol–water partition coefficient (Wildman–Crippen LogP) is 7.73. The van der Waals surface area contributed by atoms with E-state index in [2.05, 4.69) is 30.3 Å². The highest BCUT2D eigenvalue weighted by molar-refractivity contribution is 6.36. The first-order chi connectivity index (χ1) is 21.1. The number of benzene rings is 5. The molecule has 2 aliphatic rings. The Balaban J connectivity index is 1.52. The van der Waals surface area contributed by atoms with Gasteiger partial charge in [0.05, 0.1) is 31.5 Å². The molecule has 5 aromatic rings. The predicted molar refractivity (Wildman–Crippen MR) is 172 cm³/mol. The second-order valence-corrected chi connectivity index (χ2v) is 10.7.